The molecule has 2 saturated heterocycles. The number of benzene rings is 1. The van der Waals surface area contributed by atoms with Crippen molar-refractivity contribution >= 4 is 5.91 Å². The van der Waals surface area contributed by atoms with Gasteiger partial charge in [0.25, 0.3) is 0 Å². The molecule has 2 aliphatic heterocycles. The molecule has 0 aromatic heterocycles. The van der Waals surface area contributed by atoms with E-state index in [0.717, 1.165) is 56.7 Å². The Morgan fingerprint density at radius 1 is 1.25 bits per heavy atom. The molecule has 0 radical (unpaired) electrons. The molecule has 2 fully saturated rings. The van der Waals surface area contributed by atoms with E-state index >= 15 is 0 Å². The lowest BCUT2D eigenvalue weighted by Crippen LogP contribution is -2.35. The maximum absolute atomic E-state index is 11.9. The number of carbonyl (C=O) groups excluding carboxylic acids is 1. The van der Waals surface area contributed by atoms with Crippen LogP contribution >= 0.6 is 0 Å². The third kappa shape index (κ3) is 5.21. The highest BCUT2D eigenvalue weighted by Gasteiger charge is 2.19. The van der Waals surface area contributed by atoms with Crippen LogP contribution in [-0.2, 0) is 16.1 Å². The number of rotatable bonds is 6. The van der Waals surface area contributed by atoms with Crippen molar-refractivity contribution in [2.75, 3.05) is 26.7 Å². The fourth-order valence-corrected chi connectivity index (χ4v) is 3.27. The first-order chi connectivity index (χ1) is 11.7. The Balaban J connectivity index is 1.40. The van der Waals surface area contributed by atoms with E-state index < -0.39 is 0 Å². The molecular weight excluding hydrogens is 304 g/mol. The minimum atomic E-state index is 0.0635. The lowest BCUT2D eigenvalue weighted by Gasteiger charge is -2.29. The van der Waals surface area contributed by atoms with E-state index in [0.29, 0.717) is 19.1 Å². The molecule has 1 N–H and O–H groups in total. The number of likely N-dealkylation sites (tertiary alicyclic amines) is 1. The maximum atomic E-state index is 11.9. The number of ether oxygens (including phenoxy) is 2. The molecule has 2 aliphatic rings. The third-order valence-electron chi connectivity index (χ3n) is 4.82. The Morgan fingerprint density at radius 2 is 2.00 bits per heavy atom. The van der Waals surface area contributed by atoms with E-state index in [-0.39, 0.29) is 12.0 Å². The molecule has 0 aliphatic carbocycles. The van der Waals surface area contributed by atoms with Gasteiger partial charge in [0.15, 0.2) is 0 Å². The Labute approximate surface area is 144 Å². The molecule has 0 bridgehead atoms. The van der Waals surface area contributed by atoms with Gasteiger partial charge in [0.2, 0.25) is 5.91 Å². The molecule has 24 heavy (non-hydrogen) atoms. The second-order valence-electron chi connectivity index (χ2n) is 6.88. The Bertz CT molecular complexity index is 518. The summed E-state index contributed by atoms with van der Waals surface area (Å²) in [5.41, 5.74) is 1.09. The second kappa shape index (κ2) is 8.49. The molecule has 0 saturated carbocycles. The van der Waals surface area contributed by atoms with Crippen LogP contribution in [0.4, 0.5) is 0 Å². The summed E-state index contributed by atoms with van der Waals surface area (Å²) in [5.74, 6) is 0.979. The molecule has 5 heteroatoms. The molecule has 1 aromatic rings. The van der Waals surface area contributed by atoms with Gasteiger partial charge in [-0.05, 0) is 50.4 Å². The first-order valence-electron chi connectivity index (χ1n) is 9.01. The standard InChI is InChI=1S/C19H28N2O3/c1-21-10-8-17(9-11-21)24-16-6-4-15(5-7-16)14-20-19(22)13-18-3-2-12-23-18/h4-7,17-18H,2-3,8-14H2,1H3,(H,20,22). The highest BCUT2D eigenvalue weighted by Crippen LogP contribution is 2.19. The molecule has 1 amide bonds. The van der Waals surface area contributed by atoms with Crippen molar-refractivity contribution in [3.63, 3.8) is 0 Å². The fourth-order valence-electron chi connectivity index (χ4n) is 3.27. The van der Waals surface area contributed by atoms with Gasteiger partial charge < -0.3 is 19.7 Å². The lowest BCUT2D eigenvalue weighted by molar-refractivity contribution is -0.123. The zero-order chi connectivity index (χ0) is 16.8. The summed E-state index contributed by atoms with van der Waals surface area (Å²) >= 11 is 0. The van der Waals surface area contributed by atoms with E-state index in [4.69, 9.17) is 9.47 Å². The van der Waals surface area contributed by atoms with E-state index in [2.05, 4.69) is 17.3 Å². The van der Waals surface area contributed by atoms with Crippen LogP contribution in [0.25, 0.3) is 0 Å². The molecule has 1 aromatic carbocycles. The van der Waals surface area contributed by atoms with Gasteiger partial charge >= 0.3 is 0 Å². The molecule has 1 atom stereocenters. The molecule has 3 rings (SSSR count). The molecular formula is C19H28N2O3. The summed E-state index contributed by atoms with van der Waals surface area (Å²) in [4.78, 5) is 14.2. The minimum absolute atomic E-state index is 0.0635. The number of amides is 1. The molecule has 5 nitrogen and oxygen atoms in total. The van der Waals surface area contributed by atoms with Crippen LogP contribution < -0.4 is 10.1 Å². The summed E-state index contributed by atoms with van der Waals surface area (Å²) in [6, 6.07) is 8.05. The monoisotopic (exact) mass is 332 g/mol. The first kappa shape index (κ1) is 17.2. The van der Waals surface area contributed by atoms with E-state index in [9.17, 15) is 4.79 Å². The average Bonchev–Trinajstić information content (AvgIpc) is 3.09. The molecule has 2 heterocycles. The van der Waals surface area contributed by atoms with Crippen LogP contribution in [-0.4, -0.2) is 49.8 Å². The number of hydrogen-bond donors (Lipinski definition) is 1. The van der Waals surface area contributed by atoms with Crippen molar-refractivity contribution < 1.29 is 14.3 Å². The van der Waals surface area contributed by atoms with Gasteiger partial charge in [0.1, 0.15) is 11.9 Å². The summed E-state index contributed by atoms with van der Waals surface area (Å²) in [6.45, 7) is 3.54. The van der Waals surface area contributed by atoms with E-state index in [1.165, 1.54) is 0 Å². The fraction of sp³-hybridized carbons (Fsp3) is 0.632. The highest BCUT2D eigenvalue weighted by molar-refractivity contribution is 5.76. The topological polar surface area (TPSA) is 50.8 Å². The van der Waals surface area contributed by atoms with Gasteiger partial charge in [0.05, 0.1) is 12.5 Å². The second-order valence-corrected chi connectivity index (χ2v) is 6.88. The van der Waals surface area contributed by atoms with Crippen LogP contribution in [0.5, 0.6) is 5.75 Å². The third-order valence-corrected chi connectivity index (χ3v) is 4.82. The first-order valence-corrected chi connectivity index (χ1v) is 9.01. The SMILES string of the molecule is CN1CCC(Oc2ccc(CNC(=O)CC3CCCO3)cc2)CC1. The zero-order valence-corrected chi connectivity index (χ0v) is 14.5. The number of carbonyl (C=O) groups is 1. The van der Waals surface area contributed by atoms with E-state index in [1.54, 1.807) is 0 Å². The Kier molecular flexibility index (Phi) is 6.10. The van der Waals surface area contributed by atoms with Crippen LogP contribution in [0.1, 0.15) is 37.7 Å². The Morgan fingerprint density at radius 3 is 2.67 bits per heavy atom. The Hall–Kier alpha value is -1.59. The summed E-state index contributed by atoms with van der Waals surface area (Å²) in [5, 5.41) is 2.97. The van der Waals surface area contributed by atoms with E-state index in [1.807, 2.05) is 24.3 Å². The number of piperidine rings is 1. The molecule has 1 unspecified atom stereocenters. The largest absolute Gasteiger partial charge is 0.490 e. The van der Waals surface area contributed by atoms with Crippen molar-refractivity contribution in [1.82, 2.24) is 10.2 Å². The van der Waals surface area contributed by atoms with Crippen LogP contribution in [0, 0.1) is 0 Å². The van der Waals surface area contributed by atoms with Crippen LogP contribution in [0.3, 0.4) is 0 Å². The lowest BCUT2D eigenvalue weighted by atomic mass is 10.1. The van der Waals surface area contributed by atoms with Crippen molar-refractivity contribution in [3.05, 3.63) is 29.8 Å². The zero-order valence-electron chi connectivity index (χ0n) is 14.5. The predicted octanol–water partition coefficient (Wildman–Crippen LogP) is 2.34. The number of nitrogens with one attached hydrogen (secondary N) is 1. The summed E-state index contributed by atoms with van der Waals surface area (Å²) in [7, 11) is 2.15. The van der Waals surface area contributed by atoms with Gasteiger partial charge in [-0.1, -0.05) is 12.1 Å². The van der Waals surface area contributed by atoms with Crippen LogP contribution in [0.2, 0.25) is 0 Å². The summed E-state index contributed by atoms with van der Waals surface area (Å²) in [6.07, 6.45) is 5.12. The highest BCUT2D eigenvalue weighted by atomic mass is 16.5. The quantitative estimate of drug-likeness (QED) is 0.869. The van der Waals surface area contributed by atoms with Crippen LogP contribution in [0.15, 0.2) is 24.3 Å². The van der Waals surface area contributed by atoms with Crippen molar-refractivity contribution in [2.24, 2.45) is 0 Å². The van der Waals surface area contributed by atoms with Gasteiger partial charge in [-0.15, -0.1) is 0 Å². The predicted molar refractivity (Wildman–Crippen MR) is 93.0 cm³/mol. The van der Waals surface area contributed by atoms with Gasteiger partial charge in [-0.3, -0.25) is 4.79 Å². The number of hydrogen-bond acceptors (Lipinski definition) is 4. The smallest absolute Gasteiger partial charge is 0.222 e. The molecule has 0 spiro atoms. The van der Waals surface area contributed by atoms with Crippen molar-refractivity contribution in [2.45, 2.75) is 50.9 Å². The van der Waals surface area contributed by atoms with Gasteiger partial charge in [-0.25, -0.2) is 0 Å². The van der Waals surface area contributed by atoms with Gasteiger partial charge in [0, 0.05) is 26.2 Å². The van der Waals surface area contributed by atoms with Crippen molar-refractivity contribution in [1.29, 1.82) is 0 Å². The summed E-state index contributed by atoms with van der Waals surface area (Å²) < 4.78 is 11.5. The molecule has 132 valence electrons. The average molecular weight is 332 g/mol. The normalized spacial score (nSPS) is 22.5. The number of nitrogens with zero attached hydrogens (tertiary/aromatic N) is 1. The van der Waals surface area contributed by atoms with Gasteiger partial charge in [-0.2, -0.15) is 0 Å². The maximum Gasteiger partial charge on any atom is 0.222 e. The van der Waals surface area contributed by atoms with Crippen molar-refractivity contribution in [3.8, 4) is 5.75 Å². The minimum Gasteiger partial charge on any atom is -0.490 e.